The highest BCUT2D eigenvalue weighted by atomic mass is 32.2. The number of carbonyl (C=O) groups excluding carboxylic acids is 1. The van der Waals surface area contributed by atoms with Crippen molar-refractivity contribution in [2.24, 2.45) is 0 Å². The van der Waals surface area contributed by atoms with E-state index in [1.807, 2.05) is 37.3 Å². The van der Waals surface area contributed by atoms with Gasteiger partial charge in [-0.2, -0.15) is 0 Å². The Kier molecular flexibility index (Phi) is 5.61. The Hall–Kier alpha value is -2.34. The monoisotopic (exact) mass is 372 g/mol. The van der Waals surface area contributed by atoms with Gasteiger partial charge in [0.2, 0.25) is 10.0 Å². The molecule has 2 aromatic rings. The Balaban J connectivity index is 1.80. The predicted octanol–water partition coefficient (Wildman–Crippen LogP) is 3.50. The molecular weight excluding hydrogens is 348 g/mol. The van der Waals surface area contributed by atoms with E-state index in [2.05, 4.69) is 5.32 Å². The predicted molar refractivity (Wildman–Crippen MR) is 104 cm³/mol. The first kappa shape index (κ1) is 18.5. The summed E-state index contributed by atoms with van der Waals surface area (Å²) in [5, 5.41) is 3.04. The topological polar surface area (TPSA) is 66.5 Å². The van der Waals surface area contributed by atoms with Gasteiger partial charge in [0.05, 0.1) is 17.5 Å². The Labute approximate surface area is 155 Å². The molecule has 1 aliphatic rings. The van der Waals surface area contributed by atoms with E-state index >= 15 is 0 Å². The fourth-order valence-corrected chi connectivity index (χ4v) is 4.86. The molecule has 1 unspecified atom stereocenters. The first-order chi connectivity index (χ1) is 12.5. The van der Waals surface area contributed by atoms with Crippen LogP contribution in [0.2, 0.25) is 0 Å². The summed E-state index contributed by atoms with van der Waals surface area (Å²) < 4.78 is 26.0. The lowest BCUT2D eigenvalue weighted by Crippen LogP contribution is -2.38. The number of anilines is 1. The molecule has 1 amide bonds. The van der Waals surface area contributed by atoms with E-state index < -0.39 is 10.0 Å². The van der Waals surface area contributed by atoms with Crippen LogP contribution in [-0.2, 0) is 10.0 Å². The van der Waals surface area contributed by atoms with Crippen molar-refractivity contribution in [3.63, 3.8) is 0 Å². The molecule has 1 N–H and O–H groups in total. The average molecular weight is 372 g/mol. The minimum absolute atomic E-state index is 0.0777. The van der Waals surface area contributed by atoms with Gasteiger partial charge in [-0.3, -0.25) is 9.10 Å². The minimum Gasteiger partial charge on any atom is -0.345 e. The van der Waals surface area contributed by atoms with Gasteiger partial charge in [0, 0.05) is 12.1 Å². The standard InChI is InChI=1S/C20H24N2O3S/c1-2-19(16-9-4-3-5-10-16)21-20(23)17-11-8-12-18(15-17)22-13-6-7-14-26(22,24)25/h3-5,8-12,15,19H,2,6-7,13-14H2,1H3,(H,21,23). The fraction of sp³-hybridized carbons (Fsp3) is 0.350. The molecule has 6 heteroatoms. The van der Waals surface area contributed by atoms with Crippen molar-refractivity contribution in [1.82, 2.24) is 5.32 Å². The summed E-state index contributed by atoms with van der Waals surface area (Å²) in [7, 11) is -3.29. The van der Waals surface area contributed by atoms with Gasteiger partial charge in [-0.25, -0.2) is 8.42 Å². The molecule has 138 valence electrons. The third-order valence-corrected chi connectivity index (χ3v) is 6.53. The lowest BCUT2D eigenvalue weighted by Gasteiger charge is -2.28. The second-order valence-corrected chi connectivity index (χ2v) is 8.50. The second kappa shape index (κ2) is 7.91. The van der Waals surface area contributed by atoms with E-state index in [1.165, 1.54) is 4.31 Å². The van der Waals surface area contributed by atoms with Gasteiger partial charge in [-0.1, -0.05) is 43.3 Å². The number of benzene rings is 2. The van der Waals surface area contributed by atoms with Crippen LogP contribution in [0.1, 0.15) is 48.1 Å². The normalized spacial score (nSPS) is 17.5. The molecule has 0 bridgehead atoms. The van der Waals surface area contributed by atoms with Crippen molar-refractivity contribution in [2.45, 2.75) is 32.2 Å². The molecule has 1 heterocycles. The fourth-order valence-electron chi connectivity index (χ4n) is 3.23. The quantitative estimate of drug-likeness (QED) is 0.873. The summed E-state index contributed by atoms with van der Waals surface area (Å²) in [4.78, 5) is 12.7. The number of carbonyl (C=O) groups is 1. The summed E-state index contributed by atoms with van der Waals surface area (Å²) >= 11 is 0. The van der Waals surface area contributed by atoms with Crippen LogP contribution in [0.15, 0.2) is 54.6 Å². The zero-order valence-corrected chi connectivity index (χ0v) is 15.7. The summed E-state index contributed by atoms with van der Waals surface area (Å²) in [6, 6.07) is 16.6. The third kappa shape index (κ3) is 4.07. The Morgan fingerprint density at radius 1 is 1.12 bits per heavy atom. The molecule has 2 aromatic carbocycles. The van der Waals surface area contributed by atoms with Crippen LogP contribution in [0.3, 0.4) is 0 Å². The lowest BCUT2D eigenvalue weighted by atomic mass is 10.0. The number of rotatable bonds is 5. The number of nitrogens with zero attached hydrogens (tertiary/aromatic N) is 1. The molecule has 0 aliphatic carbocycles. The SMILES string of the molecule is CCC(NC(=O)c1cccc(N2CCCCS2(=O)=O)c1)c1ccccc1. The first-order valence-electron chi connectivity index (χ1n) is 8.97. The van der Waals surface area contributed by atoms with Crippen LogP contribution in [0.5, 0.6) is 0 Å². The highest BCUT2D eigenvalue weighted by molar-refractivity contribution is 7.92. The number of sulfonamides is 1. The van der Waals surface area contributed by atoms with Crippen LogP contribution in [0.4, 0.5) is 5.69 Å². The van der Waals surface area contributed by atoms with Crippen molar-refractivity contribution < 1.29 is 13.2 Å². The Morgan fingerprint density at radius 3 is 2.58 bits per heavy atom. The van der Waals surface area contributed by atoms with Gasteiger partial charge in [0.1, 0.15) is 0 Å². The summed E-state index contributed by atoms with van der Waals surface area (Å²) in [5.41, 5.74) is 2.08. The maximum Gasteiger partial charge on any atom is 0.251 e. The van der Waals surface area contributed by atoms with Crippen LogP contribution < -0.4 is 9.62 Å². The highest BCUT2D eigenvalue weighted by Crippen LogP contribution is 2.25. The zero-order valence-electron chi connectivity index (χ0n) is 14.9. The van der Waals surface area contributed by atoms with E-state index in [-0.39, 0.29) is 17.7 Å². The van der Waals surface area contributed by atoms with Crippen LogP contribution >= 0.6 is 0 Å². The minimum atomic E-state index is -3.29. The van der Waals surface area contributed by atoms with Crippen LogP contribution in [0, 0.1) is 0 Å². The summed E-state index contributed by atoms with van der Waals surface area (Å²) in [6.07, 6.45) is 2.30. The van der Waals surface area contributed by atoms with Crippen molar-refractivity contribution in [3.05, 3.63) is 65.7 Å². The van der Waals surface area contributed by atoms with Gasteiger partial charge < -0.3 is 5.32 Å². The number of amides is 1. The molecule has 26 heavy (non-hydrogen) atoms. The molecule has 0 saturated carbocycles. The molecular formula is C20H24N2O3S. The van der Waals surface area contributed by atoms with Crippen LogP contribution in [-0.4, -0.2) is 26.6 Å². The lowest BCUT2D eigenvalue weighted by molar-refractivity contribution is 0.0935. The van der Waals surface area contributed by atoms with Crippen molar-refractivity contribution in [3.8, 4) is 0 Å². The van der Waals surface area contributed by atoms with Crippen LogP contribution in [0.25, 0.3) is 0 Å². The molecule has 0 spiro atoms. The van der Waals surface area contributed by atoms with Gasteiger partial charge in [0.15, 0.2) is 0 Å². The molecule has 3 rings (SSSR count). The number of hydrogen-bond acceptors (Lipinski definition) is 3. The van der Waals surface area contributed by atoms with E-state index in [4.69, 9.17) is 0 Å². The van der Waals surface area contributed by atoms with E-state index in [0.717, 1.165) is 18.4 Å². The third-order valence-electron chi connectivity index (χ3n) is 4.66. The smallest absolute Gasteiger partial charge is 0.251 e. The maximum absolute atomic E-state index is 12.7. The molecule has 0 radical (unpaired) electrons. The number of hydrogen-bond donors (Lipinski definition) is 1. The van der Waals surface area contributed by atoms with Gasteiger partial charge >= 0.3 is 0 Å². The van der Waals surface area contributed by atoms with Gasteiger partial charge in [0.25, 0.3) is 5.91 Å². The largest absolute Gasteiger partial charge is 0.345 e. The van der Waals surface area contributed by atoms with E-state index in [9.17, 15) is 13.2 Å². The molecule has 1 saturated heterocycles. The van der Waals surface area contributed by atoms with Crippen molar-refractivity contribution >= 4 is 21.6 Å². The van der Waals surface area contributed by atoms with Crippen molar-refractivity contribution in [2.75, 3.05) is 16.6 Å². The Bertz CT molecular complexity index is 866. The molecule has 5 nitrogen and oxygen atoms in total. The van der Waals surface area contributed by atoms with E-state index in [1.54, 1.807) is 24.3 Å². The molecule has 1 aliphatic heterocycles. The van der Waals surface area contributed by atoms with Gasteiger partial charge in [-0.15, -0.1) is 0 Å². The first-order valence-corrected chi connectivity index (χ1v) is 10.6. The molecule has 1 fully saturated rings. The maximum atomic E-state index is 12.7. The highest BCUT2D eigenvalue weighted by Gasteiger charge is 2.26. The summed E-state index contributed by atoms with van der Waals surface area (Å²) in [6.45, 7) is 2.49. The molecule has 1 atom stereocenters. The van der Waals surface area contributed by atoms with Crippen molar-refractivity contribution in [1.29, 1.82) is 0 Å². The second-order valence-electron chi connectivity index (χ2n) is 6.49. The zero-order chi connectivity index (χ0) is 18.6. The number of nitrogens with one attached hydrogen (secondary N) is 1. The summed E-state index contributed by atoms with van der Waals surface area (Å²) in [5.74, 6) is -0.0352. The Morgan fingerprint density at radius 2 is 1.88 bits per heavy atom. The molecule has 0 aromatic heterocycles. The van der Waals surface area contributed by atoms with E-state index in [0.29, 0.717) is 24.2 Å². The van der Waals surface area contributed by atoms with Gasteiger partial charge in [-0.05, 0) is 43.0 Å². The average Bonchev–Trinajstić information content (AvgIpc) is 2.66.